The maximum atomic E-state index is 12.6. The number of nitrogens with one attached hydrogen (secondary N) is 1. The Balaban J connectivity index is 1.70. The first kappa shape index (κ1) is 22.7. The molecule has 0 fully saturated rings. The lowest BCUT2D eigenvalue weighted by molar-refractivity contribution is -0.383. The number of furan rings is 1. The lowest BCUT2D eigenvalue weighted by Gasteiger charge is -2.13. The van der Waals surface area contributed by atoms with E-state index in [9.17, 15) is 28.1 Å². The second-order valence-electron chi connectivity index (χ2n) is 6.66. The summed E-state index contributed by atoms with van der Waals surface area (Å²) in [7, 11) is -3.75. The summed E-state index contributed by atoms with van der Waals surface area (Å²) in [5.41, 5.74) is -0.304. The van der Waals surface area contributed by atoms with Crippen LogP contribution >= 0.6 is 0 Å². The van der Waals surface area contributed by atoms with Crippen molar-refractivity contribution < 1.29 is 32.1 Å². The van der Waals surface area contributed by atoms with Crippen LogP contribution in [0.1, 0.15) is 23.0 Å². The average molecular weight is 458 g/mol. The molecule has 0 bridgehead atoms. The highest BCUT2D eigenvalue weighted by molar-refractivity contribution is 7.90. The molecule has 0 aliphatic carbocycles. The van der Waals surface area contributed by atoms with Crippen LogP contribution in [0, 0.1) is 10.1 Å². The highest BCUT2D eigenvalue weighted by atomic mass is 32.2. The molecule has 0 spiro atoms. The minimum absolute atomic E-state index is 0.0574. The zero-order valence-electron chi connectivity index (χ0n) is 16.8. The van der Waals surface area contributed by atoms with Gasteiger partial charge in [-0.3, -0.25) is 14.9 Å². The van der Waals surface area contributed by atoms with Crippen molar-refractivity contribution in [3.63, 3.8) is 0 Å². The monoisotopic (exact) mass is 458 g/mol. The van der Waals surface area contributed by atoms with Gasteiger partial charge in [-0.2, -0.15) is 0 Å². The Kier molecular flexibility index (Phi) is 6.69. The molecule has 1 atom stereocenters. The second kappa shape index (κ2) is 9.43. The zero-order valence-corrected chi connectivity index (χ0v) is 17.6. The fraction of sp³-hybridized carbons (Fsp3) is 0.143. The predicted octanol–water partition coefficient (Wildman–Crippen LogP) is 3.35. The van der Waals surface area contributed by atoms with Gasteiger partial charge in [0.25, 0.3) is 11.6 Å². The number of hydrogen-bond acceptors (Lipinski definition) is 8. The highest BCUT2D eigenvalue weighted by Crippen LogP contribution is 2.24. The first-order valence-corrected chi connectivity index (χ1v) is 10.9. The Morgan fingerprint density at radius 1 is 1.09 bits per heavy atom. The number of nitrogens with zero attached hydrogens (tertiary/aromatic N) is 1. The smallest absolute Gasteiger partial charge is 0.375 e. The van der Waals surface area contributed by atoms with Gasteiger partial charge in [0.05, 0.1) is 21.8 Å². The van der Waals surface area contributed by atoms with E-state index >= 15 is 0 Å². The minimum atomic E-state index is -3.75. The molecule has 1 heterocycles. The number of hydrogen-bond donors (Lipinski definition) is 1. The van der Waals surface area contributed by atoms with Gasteiger partial charge >= 0.3 is 5.97 Å². The van der Waals surface area contributed by atoms with Crippen LogP contribution < -0.4 is 5.32 Å². The molecule has 1 unspecified atom stereocenters. The molecule has 2 aromatic carbocycles. The molecule has 0 saturated heterocycles. The summed E-state index contributed by atoms with van der Waals surface area (Å²) in [5.74, 6) is -2.71. The van der Waals surface area contributed by atoms with E-state index in [1.165, 1.54) is 49.4 Å². The highest BCUT2D eigenvalue weighted by Gasteiger charge is 2.27. The molecular weight excluding hydrogens is 440 g/mol. The number of carbonyl (C=O) groups excluding carboxylic acids is 2. The summed E-state index contributed by atoms with van der Waals surface area (Å²) < 4.78 is 35.3. The fourth-order valence-electron chi connectivity index (χ4n) is 2.78. The van der Waals surface area contributed by atoms with Crippen LogP contribution in [-0.2, 0) is 25.1 Å². The Morgan fingerprint density at radius 3 is 2.44 bits per heavy atom. The summed E-state index contributed by atoms with van der Waals surface area (Å²) >= 11 is 0. The van der Waals surface area contributed by atoms with Gasteiger partial charge in [-0.15, -0.1) is 0 Å². The molecule has 1 aromatic heterocycles. The maximum absolute atomic E-state index is 12.6. The van der Waals surface area contributed by atoms with Crippen molar-refractivity contribution in [3.8, 4) is 0 Å². The number of esters is 1. The van der Waals surface area contributed by atoms with Gasteiger partial charge in [-0.25, -0.2) is 13.2 Å². The van der Waals surface area contributed by atoms with Crippen LogP contribution in [0.2, 0.25) is 0 Å². The number of nitro benzene ring substituents is 1. The second-order valence-corrected chi connectivity index (χ2v) is 8.65. The van der Waals surface area contributed by atoms with Crippen molar-refractivity contribution >= 4 is 33.1 Å². The van der Waals surface area contributed by atoms with E-state index in [0.29, 0.717) is 0 Å². The lowest BCUT2D eigenvalue weighted by atomic mass is 10.2. The number of sulfone groups is 1. The summed E-state index contributed by atoms with van der Waals surface area (Å²) in [6.07, 6.45) is -0.198. The first-order chi connectivity index (χ1) is 15.2. The summed E-state index contributed by atoms with van der Waals surface area (Å²) in [5, 5.41) is 13.4. The van der Waals surface area contributed by atoms with Crippen LogP contribution in [0.4, 0.5) is 11.4 Å². The Bertz CT molecular complexity index is 1250. The number of rotatable bonds is 8. The normalized spacial score (nSPS) is 12.0. The molecule has 0 aliphatic heterocycles. The van der Waals surface area contributed by atoms with Gasteiger partial charge in [0, 0.05) is 11.6 Å². The maximum Gasteiger partial charge on any atom is 0.375 e. The quantitative estimate of drug-likeness (QED) is 0.307. The summed E-state index contributed by atoms with van der Waals surface area (Å²) in [6.45, 7) is 1.27. The lowest BCUT2D eigenvalue weighted by Crippen LogP contribution is -2.30. The van der Waals surface area contributed by atoms with Gasteiger partial charge in [0.2, 0.25) is 5.76 Å². The molecule has 0 radical (unpaired) electrons. The average Bonchev–Trinajstić information content (AvgIpc) is 3.22. The van der Waals surface area contributed by atoms with Crippen LogP contribution in [-0.4, -0.2) is 31.3 Å². The molecule has 1 amide bonds. The van der Waals surface area contributed by atoms with E-state index in [1.807, 2.05) is 0 Å². The molecular formula is C21H18N2O8S. The molecule has 3 aromatic rings. The molecule has 1 N–H and O–H groups in total. The van der Waals surface area contributed by atoms with Gasteiger partial charge in [-0.05, 0) is 31.2 Å². The number of amides is 1. The predicted molar refractivity (Wildman–Crippen MR) is 113 cm³/mol. The van der Waals surface area contributed by atoms with E-state index in [2.05, 4.69) is 5.32 Å². The van der Waals surface area contributed by atoms with Crippen LogP contribution in [0.25, 0.3) is 0 Å². The van der Waals surface area contributed by atoms with E-state index in [-0.39, 0.29) is 27.6 Å². The zero-order chi connectivity index (χ0) is 23.3. The number of ether oxygens (including phenoxy) is 1. The number of para-hydroxylation sites is 2. The van der Waals surface area contributed by atoms with Gasteiger partial charge in [0.1, 0.15) is 5.69 Å². The van der Waals surface area contributed by atoms with Crippen LogP contribution in [0.15, 0.2) is 76.2 Å². The van der Waals surface area contributed by atoms with Crippen molar-refractivity contribution in [3.05, 3.63) is 88.4 Å². The van der Waals surface area contributed by atoms with E-state index in [0.717, 1.165) is 6.26 Å². The number of nitro groups is 1. The van der Waals surface area contributed by atoms with Crippen molar-refractivity contribution in [2.24, 2.45) is 0 Å². The van der Waals surface area contributed by atoms with E-state index in [1.54, 1.807) is 18.2 Å². The van der Waals surface area contributed by atoms with Crippen molar-refractivity contribution in [2.75, 3.05) is 5.32 Å². The number of benzene rings is 2. The third-order valence-electron chi connectivity index (χ3n) is 4.39. The van der Waals surface area contributed by atoms with E-state index < -0.39 is 38.5 Å². The molecule has 32 heavy (non-hydrogen) atoms. The standard InChI is InChI=1S/C21H18N2O8S/c1-14(20(24)22-17-9-5-6-10-18(17)23(26)27)31-21(25)19-15(11-12-30-19)13-32(28,29)16-7-3-2-4-8-16/h2-12,14H,13H2,1H3,(H,22,24). The number of carbonyl (C=O) groups is 2. The third-order valence-corrected chi connectivity index (χ3v) is 6.07. The van der Waals surface area contributed by atoms with Crippen LogP contribution in [0.3, 0.4) is 0 Å². The molecule has 3 rings (SSSR count). The minimum Gasteiger partial charge on any atom is -0.457 e. The van der Waals surface area contributed by atoms with Gasteiger partial charge < -0.3 is 14.5 Å². The Hall–Kier alpha value is -3.99. The van der Waals surface area contributed by atoms with Crippen molar-refractivity contribution in [1.82, 2.24) is 0 Å². The first-order valence-electron chi connectivity index (χ1n) is 9.28. The van der Waals surface area contributed by atoms with Crippen LogP contribution in [0.5, 0.6) is 0 Å². The van der Waals surface area contributed by atoms with E-state index in [4.69, 9.17) is 9.15 Å². The van der Waals surface area contributed by atoms with Gasteiger partial charge in [0.15, 0.2) is 15.9 Å². The van der Waals surface area contributed by atoms with Crippen molar-refractivity contribution in [2.45, 2.75) is 23.7 Å². The molecule has 11 heteroatoms. The molecule has 166 valence electrons. The fourth-order valence-corrected chi connectivity index (χ4v) is 4.16. The third kappa shape index (κ3) is 5.19. The molecule has 0 saturated carbocycles. The molecule has 0 aliphatic rings. The number of anilines is 1. The van der Waals surface area contributed by atoms with Gasteiger partial charge in [-0.1, -0.05) is 30.3 Å². The topological polar surface area (TPSA) is 146 Å². The molecule has 10 nitrogen and oxygen atoms in total. The summed E-state index contributed by atoms with van der Waals surface area (Å²) in [6, 6.07) is 14.5. The van der Waals surface area contributed by atoms with Crippen molar-refractivity contribution in [1.29, 1.82) is 0 Å². The largest absolute Gasteiger partial charge is 0.457 e. The summed E-state index contributed by atoms with van der Waals surface area (Å²) in [4.78, 5) is 35.3. The SMILES string of the molecule is CC(OC(=O)c1occc1CS(=O)(=O)c1ccccc1)C(=O)Nc1ccccc1[N+](=O)[O-]. The Morgan fingerprint density at radius 2 is 1.75 bits per heavy atom. The Labute approximate surface area is 182 Å².